The molecule has 1 aliphatic heterocycles. The quantitative estimate of drug-likeness (QED) is 0.823. The molecule has 1 aromatic heterocycles. The van der Waals surface area contributed by atoms with Crippen LogP contribution in [0.25, 0.3) is 0 Å². The average Bonchev–Trinajstić information content (AvgIpc) is 2.61. The summed E-state index contributed by atoms with van der Waals surface area (Å²) in [5, 5.41) is 12.2. The first-order valence-electron chi connectivity index (χ1n) is 9.69. The first-order valence-corrected chi connectivity index (χ1v) is 9.69. The number of amides is 1. The van der Waals surface area contributed by atoms with Crippen molar-refractivity contribution in [3.63, 3.8) is 0 Å². The molecule has 1 aromatic rings. The average molecular weight is 373 g/mol. The van der Waals surface area contributed by atoms with Gasteiger partial charge in [-0.1, -0.05) is 27.7 Å². The predicted octanol–water partition coefficient (Wildman–Crippen LogP) is 2.08. The number of hydrogen-bond donors (Lipinski definition) is 1. The zero-order chi connectivity index (χ0) is 20.2. The zero-order valence-electron chi connectivity index (χ0n) is 17.4. The number of carbonyl (C=O) groups excluding carboxylic acids is 1. The van der Waals surface area contributed by atoms with Crippen LogP contribution in [0.2, 0.25) is 0 Å². The van der Waals surface area contributed by atoms with Gasteiger partial charge >= 0.3 is 0 Å². The molecule has 0 bridgehead atoms. The molecule has 1 amide bonds. The minimum absolute atomic E-state index is 0.0551. The van der Waals surface area contributed by atoms with E-state index in [-0.39, 0.29) is 11.8 Å². The van der Waals surface area contributed by atoms with Crippen LogP contribution in [-0.4, -0.2) is 59.0 Å². The van der Waals surface area contributed by atoms with Crippen LogP contribution < -0.4 is 10.2 Å². The first kappa shape index (κ1) is 21.1. The van der Waals surface area contributed by atoms with Gasteiger partial charge in [-0.2, -0.15) is 5.26 Å². The van der Waals surface area contributed by atoms with E-state index >= 15 is 0 Å². The second kappa shape index (κ2) is 8.66. The zero-order valence-corrected chi connectivity index (χ0v) is 17.4. The molecule has 0 aliphatic carbocycles. The van der Waals surface area contributed by atoms with E-state index in [4.69, 9.17) is 4.98 Å². The lowest BCUT2D eigenvalue weighted by atomic mass is 9.90. The molecule has 0 radical (unpaired) electrons. The Kier molecular flexibility index (Phi) is 6.77. The Balaban J connectivity index is 1.92. The van der Waals surface area contributed by atoms with Crippen molar-refractivity contribution in [3.8, 4) is 6.07 Å². The number of nitriles is 1. The molecule has 7 nitrogen and oxygen atoms in total. The topological polar surface area (TPSA) is 85.1 Å². The van der Waals surface area contributed by atoms with Gasteiger partial charge in [0.1, 0.15) is 17.2 Å². The summed E-state index contributed by atoms with van der Waals surface area (Å²) in [6, 6.07) is 4.24. The minimum atomic E-state index is -0.829. The van der Waals surface area contributed by atoms with Gasteiger partial charge in [0.25, 0.3) is 0 Å². The lowest BCUT2D eigenvalue weighted by Crippen LogP contribution is -2.54. The highest BCUT2D eigenvalue weighted by atomic mass is 16.2. The molecule has 27 heavy (non-hydrogen) atoms. The Morgan fingerprint density at radius 1 is 1.26 bits per heavy atom. The van der Waals surface area contributed by atoms with Crippen molar-refractivity contribution in [1.82, 2.24) is 20.2 Å². The summed E-state index contributed by atoms with van der Waals surface area (Å²) in [5.74, 6) is 2.09. The number of piperazine rings is 1. The van der Waals surface area contributed by atoms with Crippen LogP contribution in [0.1, 0.15) is 52.1 Å². The highest BCUT2D eigenvalue weighted by Crippen LogP contribution is 2.19. The Morgan fingerprint density at radius 3 is 2.41 bits per heavy atom. The van der Waals surface area contributed by atoms with Crippen LogP contribution in [0.15, 0.2) is 6.07 Å². The molecule has 1 saturated heterocycles. The Hall–Kier alpha value is -2.20. The minimum Gasteiger partial charge on any atom is -0.354 e. The monoisotopic (exact) mass is 372 g/mol. The molecule has 0 saturated carbocycles. The number of rotatable bonds is 6. The SMILES string of the molecule is Cc1cc(N2CCN(CC(=O)NC(C)(C#N)C(C)C)CC2)nc(C(C)C)n1. The van der Waals surface area contributed by atoms with E-state index in [9.17, 15) is 10.1 Å². The normalized spacial score (nSPS) is 17.7. The van der Waals surface area contributed by atoms with E-state index in [0.29, 0.717) is 12.5 Å². The van der Waals surface area contributed by atoms with Gasteiger partial charge in [-0.25, -0.2) is 9.97 Å². The second-order valence-electron chi connectivity index (χ2n) is 8.16. The fourth-order valence-electron chi connectivity index (χ4n) is 2.96. The molecule has 7 heteroatoms. The summed E-state index contributed by atoms with van der Waals surface area (Å²) in [6.07, 6.45) is 0. The number of hydrogen-bond acceptors (Lipinski definition) is 6. The maximum Gasteiger partial charge on any atom is 0.235 e. The van der Waals surface area contributed by atoms with Crippen LogP contribution in [-0.2, 0) is 4.79 Å². The lowest BCUT2D eigenvalue weighted by molar-refractivity contribution is -0.124. The number of aromatic nitrogens is 2. The van der Waals surface area contributed by atoms with E-state index in [0.717, 1.165) is 43.5 Å². The van der Waals surface area contributed by atoms with Crippen LogP contribution >= 0.6 is 0 Å². The highest BCUT2D eigenvalue weighted by Gasteiger charge is 2.31. The first-order chi connectivity index (χ1) is 12.6. The molecule has 1 fully saturated rings. The Morgan fingerprint density at radius 2 is 1.89 bits per heavy atom. The van der Waals surface area contributed by atoms with Crippen molar-refractivity contribution in [3.05, 3.63) is 17.6 Å². The molecule has 2 heterocycles. The van der Waals surface area contributed by atoms with Crippen molar-refractivity contribution in [2.75, 3.05) is 37.6 Å². The van der Waals surface area contributed by atoms with Crippen molar-refractivity contribution >= 4 is 11.7 Å². The van der Waals surface area contributed by atoms with Crippen LogP contribution in [0.4, 0.5) is 5.82 Å². The van der Waals surface area contributed by atoms with Gasteiger partial charge in [-0.05, 0) is 19.8 Å². The van der Waals surface area contributed by atoms with E-state index < -0.39 is 5.54 Å². The molecule has 0 spiro atoms. The fourth-order valence-corrected chi connectivity index (χ4v) is 2.96. The molecule has 1 unspecified atom stereocenters. The third-order valence-corrected chi connectivity index (χ3v) is 5.22. The second-order valence-corrected chi connectivity index (χ2v) is 8.16. The number of nitrogens with zero attached hydrogens (tertiary/aromatic N) is 5. The van der Waals surface area contributed by atoms with E-state index in [1.165, 1.54) is 0 Å². The Labute approximate surface area is 162 Å². The highest BCUT2D eigenvalue weighted by molar-refractivity contribution is 5.79. The molecular formula is C20H32N6O. The van der Waals surface area contributed by atoms with Gasteiger partial charge in [0.15, 0.2) is 0 Å². The molecule has 0 aromatic carbocycles. The van der Waals surface area contributed by atoms with Crippen LogP contribution in [0, 0.1) is 24.2 Å². The van der Waals surface area contributed by atoms with Gasteiger partial charge in [-0.15, -0.1) is 0 Å². The third-order valence-electron chi connectivity index (χ3n) is 5.22. The molecular weight excluding hydrogens is 340 g/mol. The molecule has 2 rings (SSSR count). The molecule has 1 N–H and O–H groups in total. The van der Waals surface area contributed by atoms with Crippen molar-refractivity contribution < 1.29 is 4.79 Å². The summed E-state index contributed by atoms with van der Waals surface area (Å²) < 4.78 is 0. The van der Waals surface area contributed by atoms with Gasteiger partial charge in [-0.3, -0.25) is 9.69 Å². The van der Waals surface area contributed by atoms with Gasteiger partial charge in [0, 0.05) is 43.9 Å². The van der Waals surface area contributed by atoms with Gasteiger partial charge in [0.05, 0.1) is 12.6 Å². The van der Waals surface area contributed by atoms with Crippen molar-refractivity contribution in [1.29, 1.82) is 5.26 Å². The number of nitrogens with one attached hydrogen (secondary N) is 1. The number of aryl methyl sites for hydroxylation is 1. The molecule has 1 atom stereocenters. The summed E-state index contributed by atoms with van der Waals surface area (Å²) in [7, 11) is 0. The van der Waals surface area contributed by atoms with E-state index in [1.807, 2.05) is 26.8 Å². The van der Waals surface area contributed by atoms with Crippen molar-refractivity contribution in [2.24, 2.45) is 5.92 Å². The largest absolute Gasteiger partial charge is 0.354 e. The van der Waals surface area contributed by atoms with E-state index in [1.54, 1.807) is 6.92 Å². The van der Waals surface area contributed by atoms with Gasteiger partial charge < -0.3 is 10.2 Å². The smallest absolute Gasteiger partial charge is 0.235 e. The maximum atomic E-state index is 12.4. The van der Waals surface area contributed by atoms with Crippen molar-refractivity contribution in [2.45, 2.75) is 53.0 Å². The molecule has 148 valence electrons. The number of anilines is 1. The third kappa shape index (κ3) is 5.39. The summed E-state index contributed by atoms with van der Waals surface area (Å²) in [4.78, 5) is 26.0. The summed E-state index contributed by atoms with van der Waals surface area (Å²) >= 11 is 0. The molecule has 1 aliphatic rings. The fraction of sp³-hybridized carbons (Fsp3) is 0.700. The Bertz CT molecular complexity index is 703. The predicted molar refractivity (Wildman–Crippen MR) is 107 cm³/mol. The standard InChI is InChI=1S/C20H32N6O/c1-14(2)19-22-16(5)11-17(23-19)26-9-7-25(8-10-26)12-18(27)24-20(6,13-21)15(3)4/h11,14-15H,7-10,12H2,1-6H3,(H,24,27). The van der Waals surface area contributed by atoms with Gasteiger partial charge in [0.2, 0.25) is 5.91 Å². The summed E-state index contributed by atoms with van der Waals surface area (Å²) in [5.41, 5.74) is 0.153. The van der Waals surface area contributed by atoms with Crippen LogP contribution in [0.5, 0.6) is 0 Å². The lowest BCUT2D eigenvalue weighted by Gasteiger charge is -2.36. The van der Waals surface area contributed by atoms with E-state index in [2.05, 4.69) is 40.0 Å². The number of carbonyl (C=O) groups is 1. The maximum absolute atomic E-state index is 12.4. The summed E-state index contributed by atoms with van der Waals surface area (Å²) in [6.45, 7) is 15.4. The van der Waals surface area contributed by atoms with Crippen LogP contribution in [0.3, 0.4) is 0 Å².